The van der Waals surface area contributed by atoms with Crippen LogP contribution in [0.2, 0.25) is 10.2 Å². The highest BCUT2D eigenvalue weighted by Gasteiger charge is 2.06. The Morgan fingerprint density at radius 1 is 1.22 bits per heavy atom. The number of nitrogens with zero attached hydrogens (tertiary/aromatic N) is 3. The average molecular weight is 301 g/mol. The Kier molecular flexibility index (Phi) is 4.27. The Balaban J connectivity index is 2.13. The molecule has 0 bridgehead atoms. The Bertz CT molecular complexity index is 557. The second-order valence-corrected chi connectivity index (χ2v) is 5.30. The number of aromatic nitrogens is 3. The Morgan fingerprint density at radius 3 is 2.72 bits per heavy atom. The zero-order valence-corrected chi connectivity index (χ0v) is 11.9. The first kappa shape index (κ1) is 13.4. The minimum atomic E-state index is 0.416. The summed E-state index contributed by atoms with van der Waals surface area (Å²) in [6, 6.07) is 5.09. The summed E-state index contributed by atoms with van der Waals surface area (Å²) in [7, 11) is 0. The second kappa shape index (κ2) is 5.73. The number of aryl methyl sites for hydroxylation is 1. The largest absolute Gasteiger partial charge is 0.384 e. The lowest BCUT2D eigenvalue weighted by Crippen LogP contribution is -1.97. The van der Waals surface area contributed by atoms with Gasteiger partial charge in [0, 0.05) is 17.5 Å². The van der Waals surface area contributed by atoms with Gasteiger partial charge in [0.05, 0.1) is 10.7 Å². The molecule has 0 fully saturated rings. The van der Waals surface area contributed by atoms with E-state index >= 15 is 0 Å². The maximum Gasteiger partial charge on any atom is 0.190 e. The van der Waals surface area contributed by atoms with Gasteiger partial charge in [-0.05, 0) is 19.1 Å². The molecule has 0 amide bonds. The molecule has 0 aliphatic rings. The maximum atomic E-state index is 6.03. The van der Waals surface area contributed by atoms with Crippen LogP contribution in [0.5, 0.6) is 0 Å². The second-order valence-electron chi connectivity index (χ2n) is 3.57. The van der Waals surface area contributed by atoms with Gasteiger partial charge in [-0.2, -0.15) is 0 Å². The van der Waals surface area contributed by atoms with Crippen molar-refractivity contribution in [2.24, 2.45) is 0 Å². The standard InChI is InChI=1S/C11H10Cl2N4S/c1-6-4-10(14)17-11(15-6)18-5-8-7(12)2-3-9(13)16-8/h2-4H,5H2,1H3,(H2,14,15,17). The zero-order chi connectivity index (χ0) is 13.1. The molecule has 0 aliphatic carbocycles. The van der Waals surface area contributed by atoms with Gasteiger partial charge in [-0.1, -0.05) is 35.0 Å². The fourth-order valence-electron chi connectivity index (χ4n) is 1.32. The van der Waals surface area contributed by atoms with E-state index in [1.807, 2.05) is 6.92 Å². The van der Waals surface area contributed by atoms with Gasteiger partial charge in [-0.15, -0.1) is 0 Å². The molecule has 2 N–H and O–H groups in total. The first-order valence-electron chi connectivity index (χ1n) is 5.09. The molecule has 7 heteroatoms. The Hall–Kier alpha value is -1.04. The van der Waals surface area contributed by atoms with Crippen LogP contribution in [-0.4, -0.2) is 15.0 Å². The van der Waals surface area contributed by atoms with Gasteiger partial charge >= 0.3 is 0 Å². The van der Waals surface area contributed by atoms with Gasteiger partial charge in [-0.25, -0.2) is 15.0 Å². The van der Waals surface area contributed by atoms with Gasteiger partial charge in [0.25, 0.3) is 0 Å². The van der Waals surface area contributed by atoms with Crippen LogP contribution in [0, 0.1) is 6.92 Å². The topological polar surface area (TPSA) is 64.7 Å². The summed E-state index contributed by atoms with van der Waals surface area (Å²) in [5.74, 6) is 0.998. The summed E-state index contributed by atoms with van der Waals surface area (Å²) in [6.45, 7) is 1.87. The quantitative estimate of drug-likeness (QED) is 0.535. The molecule has 0 aliphatic heterocycles. The molecular weight excluding hydrogens is 291 g/mol. The molecule has 94 valence electrons. The molecule has 0 saturated carbocycles. The molecule has 0 unspecified atom stereocenters. The van der Waals surface area contributed by atoms with E-state index in [0.717, 1.165) is 5.69 Å². The summed E-state index contributed by atoms with van der Waals surface area (Å²) in [4.78, 5) is 12.6. The lowest BCUT2D eigenvalue weighted by atomic mass is 10.4. The fourth-order valence-corrected chi connectivity index (χ4v) is 2.60. The van der Waals surface area contributed by atoms with Crippen LogP contribution in [0.15, 0.2) is 23.4 Å². The molecule has 0 saturated heterocycles. The summed E-state index contributed by atoms with van der Waals surface area (Å²) in [5.41, 5.74) is 7.19. The van der Waals surface area contributed by atoms with Gasteiger partial charge in [0.15, 0.2) is 5.16 Å². The van der Waals surface area contributed by atoms with Crippen molar-refractivity contribution in [3.05, 3.63) is 39.8 Å². The van der Waals surface area contributed by atoms with Crippen molar-refractivity contribution in [2.45, 2.75) is 17.8 Å². The fraction of sp³-hybridized carbons (Fsp3) is 0.182. The minimum absolute atomic E-state index is 0.416. The SMILES string of the molecule is Cc1cc(N)nc(SCc2nc(Cl)ccc2Cl)n1. The lowest BCUT2D eigenvalue weighted by molar-refractivity contribution is 0.939. The van der Waals surface area contributed by atoms with Crippen LogP contribution >= 0.6 is 35.0 Å². The van der Waals surface area contributed by atoms with Gasteiger partial charge in [0.1, 0.15) is 11.0 Å². The van der Waals surface area contributed by atoms with Crippen LogP contribution in [0.4, 0.5) is 5.82 Å². The molecule has 0 spiro atoms. The normalized spacial score (nSPS) is 10.6. The monoisotopic (exact) mass is 300 g/mol. The first-order valence-corrected chi connectivity index (χ1v) is 6.83. The highest BCUT2D eigenvalue weighted by atomic mass is 35.5. The molecule has 2 rings (SSSR count). The third-order valence-electron chi connectivity index (χ3n) is 2.08. The van der Waals surface area contributed by atoms with Gasteiger partial charge in [0.2, 0.25) is 0 Å². The first-order chi connectivity index (χ1) is 8.54. The number of thioether (sulfide) groups is 1. The summed E-state index contributed by atoms with van der Waals surface area (Å²) >= 11 is 13.3. The van der Waals surface area contributed by atoms with E-state index < -0.39 is 0 Å². The number of nitrogens with two attached hydrogens (primary N) is 1. The third kappa shape index (κ3) is 3.48. The van der Waals surface area contributed by atoms with Crippen LogP contribution in [-0.2, 0) is 5.75 Å². The molecule has 0 aromatic carbocycles. The molecule has 18 heavy (non-hydrogen) atoms. The van der Waals surface area contributed by atoms with E-state index in [0.29, 0.717) is 32.6 Å². The third-order valence-corrected chi connectivity index (χ3v) is 3.49. The van der Waals surface area contributed by atoms with E-state index in [1.54, 1.807) is 18.2 Å². The molecule has 2 aromatic rings. The van der Waals surface area contributed by atoms with E-state index in [4.69, 9.17) is 28.9 Å². The van der Waals surface area contributed by atoms with Crippen molar-refractivity contribution < 1.29 is 0 Å². The summed E-state index contributed by atoms with van der Waals surface area (Å²) in [6.07, 6.45) is 0. The zero-order valence-electron chi connectivity index (χ0n) is 9.52. The van der Waals surface area contributed by atoms with Crippen molar-refractivity contribution in [3.63, 3.8) is 0 Å². The average Bonchev–Trinajstić information content (AvgIpc) is 2.29. The predicted molar refractivity (Wildman–Crippen MR) is 75.0 cm³/mol. The van der Waals surface area contributed by atoms with Crippen LogP contribution in [0.1, 0.15) is 11.4 Å². The van der Waals surface area contributed by atoms with Crippen molar-refractivity contribution in [3.8, 4) is 0 Å². The van der Waals surface area contributed by atoms with E-state index in [9.17, 15) is 0 Å². The number of nitrogen functional groups attached to an aromatic ring is 1. The predicted octanol–water partition coefficient (Wildman–Crippen LogP) is 3.36. The van der Waals surface area contributed by atoms with Crippen LogP contribution in [0.25, 0.3) is 0 Å². The van der Waals surface area contributed by atoms with Gasteiger partial charge in [-0.3, -0.25) is 0 Å². The van der Waals surface area contributed by atoms with Gasteiger partial charge < -0.3 is 5.73 Å². The number of rotatable bonds is 3. The molecule has 2 heterocycles. The summed E-state index contributed by atoms with van der Waals surface area (Å²) < 4.78 is 0. The molecule has 0 radical (unpaired) electrons. The Labute approximate surface area is 119 Å². The minimum Gasteiger partial charge on any atom is -0.384 e. The number of halogens is 2. The smallest absolute Gasteiger partial charge is 0.190 e. The number of hydrogen-bond acceptors (Lipinski definition) is 5. The summed E-state index contributed by atoms with van der Waals surface area (Å²) in [5, 5.41) is 1.59. The lowest BCUT2D eigenvalue weighted by Gasteiger charge is -2.04. The van der Waals surface area contributed by atoms with Crippen LogP contribution in [0.3, 0.4) is 0 Å². The van der Waals surface area contributed by atoms with E-state index in [-0.39, 0.29) is 0 Å². The molecular formula is C11H10Cl2N4S. The maximum absolute atomic E-state index is 6.03. The molecule has 4 nitrogen and oxygen atoms in total. The number of hydrogen-bond donors (Lipinski definition) is 1. The highest BCUT2D eigenvalue weighted by molar-refractivity contribution is 7.98. The number of anilines is 1. The van der Waals surface area contributed by atoms with Crippen LogP contribution < -0.4 is 5.73 Å². The van der Waals surface area contributed by atoms with Crippen molar-refractivity contribution in [1.29, 1.82) is 0 Å². The molecule has 0 atom stereocenters. The molecule has 2 aromatic heterocycles. The van der Waals surface area contributed by atoms with Crippen molar-refractivity contribution >= 4 is 40.8 Å². The Morgan fingerprint density at radius 2 is 2.00 bits per heavy atom. The number of pyridine rings is 1. The van der Waals surface area contributed by atoms with E-state index in [2.05, 4.69) is 15.0 Å². The highest BCUT2D eigenvalue weighted by Crippen LogP contribution is 2.25. The van der Waals surface area contributed by atoms with Crippen molar-refractivity contribution in [1.82, 2.24) is 15.0 Å². The van der Waals surface area contributed by atoms with Crippen molar-refractivity contribution in [2.75, 3.05) is 5.73 Å². The van der Waals surface area contributed by atoms with E-state index in [1.165, 1.54) is 11.8 Å².